The van der Waals surface area contributed by atoms with Crippen molar-refractivity contribution < 1.29 is 19.4 Å². The summed E-state index contributed by atoms with van der Waals surface area (Å²) in [6, 6.07) is 6.45. The van der Waals surface area contributed by atoms with Crippen molar-refractivity contribution >= 4 is 73.6 Å². The molecule has 0 bridgehead atoms. The number of fused-ring (bicyclic) bond motifs is 1. The molecule has 3 fully saturated rings. The molecule has 2 saturated heterocycles. The lowest BCUT2D eigenvalue weighted by Gasteiger charge is -2.32. The molecular weight excluding hydrogens is 656 g/mol. The van der Waals surface area contributed by atoms with Crippen LogP contribution in [0.25, 0.3) is 10.9 Å². The Bertz CT molecular complexity index is 1450. The average Bonchev–Trinajstić information content (AvgIpc) is 3.37. The molecule has 6 rings (SSSR count). The number of phenols is 1. The van der Waals surface area contributed by atoms with Crippen molar-refractivity contribution in [3.63, 3.8) is 0 Å². The Balaban J connectivity index is 1.32. The first kappa shape index (κ1) is 30.3. The van der Waals surface area contributed by atoms with Crippen LogP contribution in [0.4, 0.5) is 0 Å². The number of ether oxygens (including phenoxy) is 1. The molecule has 1 aromatic carbocycles. The molecule has 0 radical (unpaired) electrons. The molecule has 2 aromatic heterocycles. The third kappa shape index (κ3) is 6.12. The second-order valence-electron chi connectivity index (χ2n) is 11.1. The summed E-state index contributed by atoms with van der Waals surface area (Å²) in [6.07, 6.45) is 2.13. The van der Waals surface area contributed by atoms with E-state index in [9.17, 15) is 14.7 Å². The van der Waals surface area contributed by atoms with Crippen molar-refractivity contribution in [1.29, 1.82) is 0 Å². The average molecular weight is 694 g/mol. The highest BCUT2D eigenvalue weighted by molar-refractivity contribution is 9.10. The summed E-state index contributed by atoms with van der Waals surface area (Å²) in [5, 5.41) is 14.3. The van der Waals surface area contributed by atoms with Crippen molar-refractivity contribution in [3.8, 4) is 5.75 Å². The summed E-state index contributed by atoms with van der Waals surface area (Å²) in [6.45, 7) is 7.12. The number of hydrogen-bond acceptors (Lipinski definition) is 9. The summed E-state index contributed by atoms with van der Waals surface area (Å²) in [7, 11) is 2.13. The zero-order chi connectivity index (χ0) is 29.4. The Morgan fingerprint density at radius 2 is 2.02 bits per heavy atom. The van der Waals surface area contributed by atoms with Gasteiger partial charge >= 0.3 is 5.97 Å². The number of halogens is 1. The first-order valence-electron chi connectivity index (χ1n) is 14.5. The third-order valence-corrected chi connectivity index (χ3v) is 12.1. The molecule has 226 valence electrons. The molecule has 1 unspecified atom stereocenters. The van der Waals surface area contributed by atoms with E-state index in [1.807, 2.05) is 24.0 Å². The Hall–Kier alpha value is -1.70. The predicted octanol–water partition coefficient (Wildman–Crippen LogP) is 5.94. The number of piperazine rings is 1. The van der Waals surface area contributed by atoms with Crippen LogP contribution >= 0.6 is 50.8 Å². The number of rotatable bonds is 11. The number of aromatic hydroxyl groups is 1. The van der Waals surface area contributed by atoms with E-state index in [0.717, 1.165) is 66.9 Å². The van der Waals surface area contributed by atoms with E-state index in [2.05, 4.69) is 48.8 Å². The molecule has 1 N–H and O–H groups in total. The number of carbonyl (C=O) groups excluding carboxylic acids is 2. The van der Waals surface area contributed by atoms with Crippen LogP contribution < -0.4 is 0 Å². The van der Waals surface area contributed by atoms with Gasteiger partial charge in [0.15, 0.2) is 0 Å². The van der Waals surface area contributed by atoms with Crippen LogP contribution in [0.5, 0.6) is 5.75 Å². The number of aromatic nitrogens is 1. The highest BCUT2D eigenvalue weighted by atomic mass is 79.9. The summed E-state index contributed by atoms with van der Waals surface area (Å²) in [5.74, 6) is 1.97. The van der Waals surface area contributed by atoms with E-state index >= 15 is 0 Å². The lowest BCUT2D eigenvalue weighted by Crippen LogP contribution is -2.43. The van der Waals surface area contributed by atoms with Gasteiger partial charge in [-0.15, -0.1) is 23.1 Å². The number of thioether (sulfide) groups is 2. The fourth-order valence-electron chi connectivity index (χ4n) is 5.95. The van der Waals surface area contributed by atoms with Crippen molar-refractivity contribution in [2.75, 3.05) is 57.9 Å². The number of amides is 1. The van der Waals surface area contributed by atoms with E-state index in [0.29, 0.717) is 40.7 Å². The van der Waals surface area contributed by atoms with Crippen molar-refractivity contribution in [2.24, 2.45) is 0 Å². The van der Waals surface area contributed by atoms with Gasteiger partial charge in [-0.25, -0.2) is 4.79 Å². The molecule has 2 aliphatic heterocycles. The lowest BCUT2D eigenvalue weighted by atomic mass is 10.0. The normalized spacial score (nSPS) is 20.2. The van der Waals surface area contributed by atoms with Crippen molar-refractivity contribution in [2.45, 2.75) is 43.5 Å². The number of likely N-dealkylation sites (N-methyl/N-ethyl adjacent to an activating group) is 1. The maximum atomic E-state index is 13.7. The Morgan fingerprint density at radius 3 is 2.71 bits per heavy atom. The van der Waals surface area contributed by atoms with Gasteiger partial charge in [0.1, 0.15) is 11.1 Å². The van der Waals surface area contributed by atoms with Gasteiger partial charge in [0.05, 0.1) is 27.9 Å². The van der Waals surface area contributed by atoms with Crippen LogP contribution in [0, 0.1) is 0 Å². The van der Waals surface area contributed by atoms with Gasteiger partial charge in [0.25, 0.3) is 0 Å². The first-order chi connectivity index (χ1) is 20.4. The fourth-order valence-corrected chi connectivity index (χ4v) is 9.55. The van der Waals surface area contributed by atoms with Crippen LogP contribution in [-0.4, -0.2) is 94.1 Å². The van der Waals surface area contributed by atoms with E-state index in [4.69, 9.17) is 4.74 Å². The first-order valence-corrected chi connectivity index (χ1v) is 18.4. The molecule has 12 heteroatoms. The number of benzene rings is 1. The van der Waals surface area contributed by atoms with Gasteiger partial charge in [-0.1, -0.05) is 6.07 Å². The molecule has 0 spiro atoms. The van der Waals surface area contributed by atoms with E-state index in [-0.39, 0.29) is 29.6 Å². The van der Waals surface area contributed by atoms with Crippen molar-refractivity contribution in [3.05, 3.63) is 49.7 Å². The molecule has 42 heavy (non-hydrogen) atoms. The number of thiophene rings is 1. The second-order valence-corrected chi connectivity index (χ2v) is 15.1. The van der Waals surface area contributed by atoms with Crippen LogP contribution in [0.3, 0.4) is 0 Å². The van der Waals surface area contributed by atoms with Crippen LogP contribution in [-0.2, 0) is 21.8 Å². The standard InChI is InChI=1S/C30H37BrN4O4S3/c1-3-39-30(38)27-23(17-40-14-12-34-25(36)18-42-29(34)24-5-4-13-41-24)35(19-6-7-19)22-15-21(31)28(37)20(26(22)27)16-33-10-8-32(2)9-11-33/h4-5,13,15,19,29,37H,3,6-12,14,16-18H2,1-2H3. The lowest BCUT2D eigenvalue weighted by molar-refractivity contribution is -0.127. The van der Waals surface area contributed by atoms with Gasteiger partial charge in [-0.3, -0.25) is 9.69 Å². The smallest absolute Gasteiger partial charge is 0.340 e. The number of carbonyl (C=O) groups is 2. The quantitative estimate of drug-likeness (QED) is 0.196. The third-order valence-electron chi connectivity index (χ3n) is 8.26. The van der Waals surface area contributed by atoms with Gasteiger partial charge in [-0.2, -0.15) is 11.8 Å². The fraction of sp³-hybridized carbons (Fsp3) is 0.533. The molecule has 1 saturated carbocycles. The van der Waals surface area contributed by atoms with Gasteiger partial charge < -0.3 is 24.2 Å². The highest BCUT2D eigenvalue weighted by Gasteiger charge is 2.36. The Labute approximate surface area is 267 Å². The second kappa shape index (κ2) is 13.1. The van der Waals surface area contributed by atoms with Gasteiger partial charge in [0.2, 0.25) is 5.91 Å². The monoisotopic (exact) mass is 692 g/mol. The van der Waals surface area contributed by atoms with Crippen molar-refractivity contribution in [1.82, 2.24) is 19.3 Å². The van der Waals surface area contributed by atoms with Crippen LogP contribution in [0.15, 0.2) is 28.1 Å². The molecule has 3 aromatic rings. The molecule has 1 atom stereocenters. The molecule has 4 heterocycles. The number of hydrogen-bond donors (Lipinski definition) is 1. The van der Waals surface area contributed by atoms with Crippen LogP contribution in [0.2, 0.25) is 0 Å². The molecule has 3 aliphatic rings. The predicted molar refractivity (Wildman–Crippen MR) is 176 cm³/mol. The van der Waals surface area contributed by atoms with E-state index < -0.39 is 0 Å². The van der Waals surface area contributed by atoms with Gasteiger partial charge in [0, 0.05) is 78.3 Å². The summed E-state index contributed by atoms with van der Waals surface area (Å²) < 4.78 is 8.63. The minimum atomic E-state index is -0.331. The molecule has 8 nitrogen and oxygen atoms in total. The Morgan fingerprint density at radius 1 is 1.24 bits per heavy atom. The summed E-state index contributed by atoms with van der Waals surface area (Å²) in [5.41, 5.74) is 3.32. The largest absolute Gasteiger partial charge is 0.506 e. The number of phenolic OH excluding ortho intramolecular Hbond substituents is 1. The zero-order valence-electron chi connectivity index (χ0n) is 24.0. The minimum Gasteiger partial charge on any atom is -0.506 e. The number of esters is 1. The molecule has 1 amide bonds. The minimum absolute atomic E-state index is 0.0866. The summed E-state index contributed by atoms with van der Waals surface area (Å²) >= 11 is 8.77. The van der Waals surface area contributed by atoms with Gasteiger partial charge in [-0.05, 0) is 60.3 Å². The maximum absolute atomic E-state index is 13.7. The Kier molecular flexibility index (Phi) is 9.47. The maximum Gasteiger partial charge on any atom is 0.340 e. The zero-order valence-corrected chi connectivity index (χ0v) is 28.0. The SMILES string of the molecule is CCOC(=O)c1c(CSCCN2C(=O)CSC2c2cccs2)n(C2CC2)c2cc(Br)c(O)c(CN3CCN(C)CC3)c12. The van der Waals surface area contributed by atoms with E-state index in [1.54, 1.807) is 34.9 Å². The number of nitrogens with zero attached hydrogens (tertiary/aromatic N) is 4. The highest BCUT2D eigenvalue weighted by Crippen LogP contribution is 2.47. The van der Waals surface area contributed by atoms with E-state index in [1.165, 1.54) is 4.88 Å². The topological polar surface area (TPSA) is 78.2 Å². The molecule has 1 aliphatic carbocycles. The van der Waals surface area contributed by atoms with Crippen LogP contribution in [0.1, 0.15) is 57.7 Å². The summed E-state index contributed by atoms with van der Waals surface area (Å²) in [4.78, 5) is 34.3. The molecular formula is C30H37BrN4O4S3.